The van der Waals surface area contributed by atoms with E-state index in [9.17, 15) is 9.59 Å². The minimum Gasteiger partial charge on any atom is -0.456 e. The molecule has 6 nitrogen and oxygen atoms in total. The molecule has 0 aromatic carbocycles. The number of hydrogen-bond acceptors (Lipinski definition) is 7. The molecule has 1 N–H and O–H groups in total. The van der Waals surface area contributed by atoms with Crippen molar-refractivity contribution in [1.82, 2.24) is 9.97 Å². The highest BCUT2D eigenvalue weighted by atomic mass is 32.1. The Bertz CT molecular complexity index is 910. The zero-order valence-electron chi connectivity index (χ0n) is 12.5. The first kappa shape index (κ1) is 15.9. The molecule has 3 heterocycles. The summed E-state index contributed by atoms with van der Waals surface area (Å²) >= 11 is 3.04. The van der Waals surface area contributed by atoms with Gasteiger partial charge in [0.05, 0.1) is 5.39 Å². The molecule has 8 heteroatoms. The zero-order valence-corrected chi connectivity index (χ0v) is 14.2. The van der Waals surface area contributed by atoms with Gasteiger partial charge in [-0.2, -0.15) is 0 Å². The van der Waals surface area contributed by atoms with E-state index in [1.165, 1.54) is 23.3 Å². The quantitative estimate of drug-likeness (QED) is 0.716. The SMILES string of the molecule is COCC(=O)OCc1nc2scc(-c3ccc(C)s3)c2c(=O)[nH]1. The molecule has 0 saturated carbocycles. The van der Waals surface area contributed by atoms with Crippen molar-refractivity contribution in [1.29, 1.82) is 0 Å². The number of ether oxygens (including phenoxy) is 2. The molecule has 0 radical (unpaired) electrons. The fraction of sp³-hybridized carbons (Fsp3) is 0.267. The van der Waals surface area contributed by atoms with Crippen molar-refractivity contribution in [3.05, 3.63) is 38.6 Å². The predicted octanol–water partition coefficient (Wildman–Crippen LogP) is 2.71. The highest BCUT2D eigenvalue weighted by Crippen LogP contribution is 2.34. The van der Waals surface area contributed by atoms with Crippen LogP contribution >= 0.6 is 22.7 Å². The molecule has 0 bridgehead atoms. The van der Waals surface area contributed by atoms with Crippen LogP contribution in [-0.4, -0.2) is 29.7 Å². The molecule has 3 aromatic heterocycles. The van der Waals surface area contributed by atoms with Gasteiger partial charge in [-0.1, -0.05) is 0 Å². The van der Waals surface area contributed by atoms with Crippen molar-refractivity contribution >= 4 is 38.9 Å². The number of H-pyrrole nitrogens is 1. The van der Waals surface area contributed by atoms with E-state index < -0.39 is 5.97 Å². The second-order valence-electron chi connectivity index (χ2n) is 4.85. The Morgan fingerprint density at radius 1 is 1.39 bits per heavy atom. The monoisotopic (exact) mass is 350 g/mol. The smallest absolute Gasteiger partial charge is 0.332 e. The number of carbonyl (C=O) groups is 1. The minimum atomic E-state index is -0.504. The van der Waals surface area contributed by atoms with Crippen molar-refractivity contribution in [2.45, 2.75) is 13.5 Å². The number of thiophene rings is 2. The molecule has 0 saturated heterocycles. The number of nitrogens with one attached hydrogen (secondary N) is 1. The number of methoxy groups -OCH3 is 1. The maximum atomic E-state index is 12.4. The summed E-state index contributed by atoms with van der Waals surface area (Å²) < 4.78 is 9.65. The number of hydrogen-bond donors (Lipinski definition) is 1. The molecule has 0 spiro atoms. The van der Waals surface area contributed by atoms with Crippen molar-refractivity contribution in [3.8, 4) is 10.4 Å². The van der Waals surface area contributed by atoms with Crippen LogP contribution in [0.4, 0.5) is 0 Å². The fourth-order valence-electron chi connectivity index (χ4n) is 2.13. The molecule has 0 aliphatic heterocycles. The molecule has 0 fully saturated rings. The lowest BCUT2D eigenvalue weighted by atomic mass is 10.2. The number of carbonyl (C=O) groups excluding carboxylic acids is 1. The third kappa shape index (κ3) is 3.34. The van der Waals surface area contributed by atoms with E-state index in [1.807, 2.05) is 24.4 Å². The Balaban J connectivity index is 1.92. The summed E-state index contributed by atoms with van der Waals surface area (Å²) in [5.41, 5.74) is 0.662. The van der Waals surface area contributed by atoms with Gasteiger partial charge in [0.2, 0.25) is 0 Å². The topological polar surface area (TPSA) is 81.3 Å². The van der Waals surface area contributed by atoms with Crippen molar-refractivity contribution in [2.75, 3.05) is 13.7 Å². The van der Waals surface area contributed by atoms with Gasteiger partial charge >= 0.3 is 5.97 Å². The zero-order chi connectivity index (χ0) is 16.4. The van der Waals surface area contributed by atoms with Gasteiger partial charge in [0, 0.05) is 27.8 Å². The van der Waals surface area contributed by atoms with Gasteiger partial charge in [-0.15, -0.1) is 22.7 Å². The molecular weight excluding hydrogens is 336 g/mol. The van der Waals surface area contributed by atoms with E-state index in [0.29, 0.717) is 16.0 Å². The molecular formula is C15H14N2O4S2. The van der Waals surface area contributed by atoms with Crippen LogP contribution in [0.15, 0.2) is 22.3 Å². The summed E-state index contributed by atoms with van der Waals surface area (Å²) in [4.78, 5) is 33.6. The first-order valence-electron chi connectivity index (χ1n) is 6.80. The van der Waals surface area contributed by atoms with Gasteiger partial charge in [-0.3, -0.25) is 4.79 Å². The number of nitrogens with zero attached hydrogens (tertiary/aromatic N) is 1. The number of rotatable bonds is 5. The molecule has 0 aliphatic rings. The highest BCUT2D eigenvalue weighted by Gasteiger charge is 2.14. The first-order chi connectivity index (χ1) is 11.1. The van der Waals surface area contributed by atoms with Crippen molar-refractivity contribution < 1.29 is 14.3 Å². The van der Waals surface area contributed by atoms with Gasteiger partial charge in [-0.05, 0) is 19.1 Å². The number of fused-ring (bicyclic) bond motifs is 1. The second-order valence-corrected chi connectivity index (χ2v) is 6.99. The maximum absolute atomic E-state index is 12.4. The van der Waals surface area contributed by atoms with Gasteiger partial charge in [-0.25, -0.2) is 9.78 Å². The molecule has 120 valence electrons. The van der Waals surface area contributed by atoms with Crippen LogP contribution in [0, 0.1) is 6.92 Å². The van der Waals surface area contributed by atoms with Gasteiger partial charge in [0.1, 0.15) is 23.9 Å². The largest absolute Gasteiger partial charge is 0.456 e. The lowest BCUT2D eigenvalue weighted by molar-refractivity contribution is -0.149. The van der Waals surface area contributed by atoms with E-state index in [2.05, 4.69) is 14.7 Å². The maximum Gasteiger partial charge on any atom is 0.332 e. The third-order valence-electron chi connectivity index (χ3n) is 3.13. The average Bonchev–Trinajstić information content (AvgIpc) is 3.11. The fourth-order valence-corrected chi connectivity index (χ4v) is 4.05. The van der Waals surface area contributed by atoms with Crippen LogP contribution in [0.3, 0.4) is 0 Å². The Morgan fingerprint density at radius 2 is 2.22 bits per heavy atom. The average molecular weight is 350 g/mol. The van der Waals surface area contributed by atoms with Crippen LogP contribution in [0.2, 0.25) is 0 Å². The Hall–Kier alpha value is -2.03. The molecule has 0 atom stereocenters. The summed E-state index contributed by atoms with van der Waals surface area (Å²) in [6, 6.07) is 4.02. The summed E-state index contributed by atoms with van der Waals surface area (Å²) in [5, 5.41) is 2.50. The molecule has 0 amide bonds. The van der Waals surface area contributed by atoms with Crippen LogP contribution in [0.1, 0.15) is 10.7 Å². The highest BCUT2D eigenvalue weighted by molar-refractivity contribution is 7.19. The van der Waals surface area contributed by atoms with Crippen molar-refractivity contribution in [3.63, 3.8) is 0 Å². The lowest BCUT2D eigenvalue weighted by Crippen LogP contribution is -2.16. The van der Waals surface area contributed by atoms with E-state index in [-0.39, 0.29) is 18.8 Å². The standard InChI is InChI=1S/C15H14N2O4S2/c1-8-3-4-10(23-8)9-7-22-15-13(9)14(19)16-11(17-15)5-21-12(18)6-20-2/h3-4,7H,5-6H2,1-2H3,(H,16,17,19). The number of aromatic nitrogens is 2. The van der Waals surface area contributed by atoms with Gasteiger partial charge < -0.3 is 14.5 Å². The summed E-state index contributed by atoms with van der Waals surface area (Å²) in [6.07, 6.45) is 0. The van der Waals surface area contributed by atoms with E-state index in [1.54, 1.807) is 11.3 Å². The van der Waals surface area contributed by atoms with Crippen LogP contribution < -0.4 is 5.56 Å². The van der Waals surface area contributed by atoms with Crippen molar-refractivity contribution in [2.24, 2.45) is 0 Å². The summed E-state index contributed by atoms with van der Waals surface area (Å²) in [6.45, 7) is 1.81. The number of esters is 1. The van der Waals surface area contributed by atoms with E-state index >= 15 is 0 Å². The van der Waals surface area contributed by atoms with Gasteiger partial charge in [0.15, 0.2) is 0 Å². The molecule has 0 unspecified atom stereocenters. The Labute approximate surface area is 139 Å². The Morgan fingerprint density at radius 3 is 2.91 bits per heavy atom. The summed E-state index contributed by atoms with van der Waals surface area (Å²) in [5.74, 6) is -0.182. The lowest BCUT2D eigenvalue weighted by Gasteiger charge is -2.03. The third-order valence-corrected chi connectivity index (χ3v) is 5.04. The van der Waals surface area contributed by atoms with E-state index in [0.717, 1.165) is 10.4 Å². The number of aryl methyl sites for hydroxylation is 1. The molecule has 3 aromatic rings. The first-order valence-corrected chi connectivity index (χ1v) is 8.50. The normalized spacial score (nSPS) is 11.0. The summed E-state index contributed by atoms with van der Waals surface area (Å²) in [7, 11) is 1.41. The molecule has 23 heavy (non-hydrogen) atoms. The minimum absolute atomic E-state index is 0.0846. The second kappa shape index (κ2) is 6.61. The van der Waals surface area contributed by atoms with Crippen LogP contribution in [0.25, 0.3) is 20.7 Å². The molecule has 0 aliphatic carbocycles. The number of aromatic amines is 1. The Kier molecular flexibility index (Phi) is 4.56. The molecule has 3 rings (SSSR count). The predicted molar refractivity (Wildman–Crippen MR) is 90.0 cm³/mol. The van der Waals surface area contributed by atoms with Gasteiger partial charge in [0.25, 0.3) is 5.56 Å². The van der Waals surface area contributed by atoms with Crippen LogP contribution in [-0.2, 0) is 20.9 Å². The van der Waals surface area contributed by atoms with E-state index in [4.69, 9.17) is 4.74 Å². The van der Waals surface area contributed by atoms with Crippen LogP contribution in [0.5, 0.6) is 0 Å².